The van der Waals surface area contributed by atoms with Crippen LogP contribution < -0.4 is 9.04 Å². The zero-order valence-corrected chi connectivity index (χ0v) is 17.9. The summed E-state index contributed by atoms with van der Waals surface area (Å²) in [6, 6.07) is 8.02. The van der Waals surface area contributed by atoms with Gasteiger partial charge in [0, 0.05) is 20.3 Å². The minimum Gasteiger partial charge on any atom is -0.426 e. The molecule has 1 fully saturated rings. The summed E-state index contributed by atoms with van der Waals surface area (Å²) in [4.78, 5) is 11.6. The molecule has 0 amide bonds. The van der Waals surface area contributed by atoms with Crippen molar-refractivity contribution in [3.63, 3.8) is 0 Å². The molecule has 0 aliphatic carbocycles. The second-order valence-electron chi connectivity index (χ2n) is 6.91. The first-order chi connectivity index (χ1) is 14.5. The zero-order chi connectivity index (χ0) is 22.8. The number of ether oxygens (including phenoxy) is 2. The van der Waals surface area contributed by atoms with Gasteiger partial charge in [0.05, 0.1) is 27.1 Å². The van der Waals surface area contributed by atoms with Gasteiger partial charge in [-0.05, 0) is 55.3 Å². The van der Waals surface area contributed by atoms with Crippen molar-refractivity contribution in [1.82, 2.24) is 0 Å². The van der Waals surface area contributed by atoms with Crippen molar-refractivity contribution in [3.05, 3.63) is 53.1 Å². The van der Waals surface area contributed by atoms with Gasteiger partial charge in [-0.15, -0.1) is 0 Å². The van der Waals surface area contributed by atoms with Gasteiger partial charge in [0.2, 0.25) is 0 Å². The van der Waals surface area contributed by atoms with Gasteiger partial charge in [-0.25, -0.2) is 8.42 Å². The second kappa shape index (κ2) is 9.05. The van der Waals surface area contributed by atoms with Crippen LogP contribution in [0.4, 0.5) is 18.9 Å². The number of sulfonamides is 1. The standard InChI is InChI=1S/C20H19ClF3NO5S/c1-25(31(27,28)16-6-7-18(21)17(12-16)20(22,23)24)14-2-4-15(5-3-14)30-19(26)13-8-10-29-11-9-13/h2-7,12-13H,8-11H2,1H3. The van der Waals surface area contributed by atoms with E-state index < -0.39 is 37.7 Å². The molecule has 11 heteroatoms. The Morgan fingerprint density at radius 1 is 1.13 bits per heavy atom. The van der Waals surface area contributed by atoms with Gasteiger partial charge >= 0.3 is 12.1 Å². The van der Waals surface area contributed by atoms with Crippen LogP contribution in [-0.2, 0) is 25.7 Å². The molecule has 168 valence electrons. The van der Waals surface area contributed by atoms with Crippen LogP contribution in [0.1, 0.15) is 18.4 Å². The smallest absolute Gasteiger partial charge is 0.417 e. The summed E-state index contributed by atoms with van der Waals surface area (Å²) < 4.78 is 76.2. The molecule has 0 saturated carbocycles. The summed E-state index contributed by atoms with van der Waals surface area (Å²) in [5.74, 6) is -0.418. The van der Waals surface area contributed by atoms with Gasteiger partial charge in [-0.1, -0.05) is 11.6 Å². The molecule has 1 saturated heterocycles. The van der Waals surface area contributed by atoms with Crippen molar-refractivity contribution in [1.29, 1.82) is 0 Å². The van der Waals surface area contributed by atoms with E-state index in [1.165, 1.54) is 31.3 Å². The normalized spacial score (nSPS) is 15.5. The minimum absolute atomic E-state index is 0.175. The maximum absolute atomic E-state index is 13.1. The van der Waals surface area contributed by atoms with Crippen LogP contribution in [0.5, 0.6) is 5.75 Å². The van der Waals surface area contributed by atoms with Crippen LogP contribution in [0.2, 0.25) is 5.02 Å². The fourth-order valence-electron chi connectivity index (χ4n) is 3.04. The largest absolute Gasteiger partial charge is 0.426 e. The number of halogens is 4. The highest BCUT2D eigenvalue weighted by atomic mass is 35.5. The molecule has 1 aliphatic heterocycles. The molecule has 3 rings (SSSR count). The summed E-state index contributed by atoms with van der Waals surface area (Å²) in [5, 5.41) is -0.593. The van der Waals surface area contributed by atoms with E-state index in [1.54, 1.807) is 0 Å². The van der Waals surface area contributed by atoms with Gasteiger partial charge in [0.15, 0.2) is 0 Å². The Kier molecular flexibility index (Phi) is 6.82. The highest BCUT2D eigenvalue weighted by Crippen LogP contribution is 2.36. The molecule has 31 heavy (non-hydrogen) atoms. The Labute approximate surface area is 182 Å². The third-order valence-electron chi connectivity index (χ3n) is 4.88. The van der Waals surface area contributed by atoms with Crippen molar-refractivity contribution < 1.29 is 35.9 Å². The van der Waals surface area contributed by atoms with E-state index in [9.17, 15) is 26.4 Å². The number of nitrogens with zero attached hydrogens (tertiary/aromatic N) is 1. The minimum atomic E-state index is -4.79. The summed E-state index contributed by atoms with van der Waals surface area (Å²) in [6.07, 6.45) is -3.66. The molecule has 2 aromatic carbocycles. The average Bonchev–Trinajstić information content (AvgIpc) is 2.73. The van der Waals surface area contributed by atoms with Gasteiger partial charge in [0.1, 0.15) is 5.75 Å². The highest BCUT2D eigenvalue weighted by Gasteiger charge is 2.35. The molecule has 0 unspecified atom stereocenters. The van der Waals surface area contributed by atoms with Crippen molar-refractivity contribution in [2.75, 3.05) is 24.6 Å². The summed E-state index contributed by atoms with van der Waals surface area (Å²) in [6.45, 7) is 0.976. The predicted molar refractivity (Wildman–Crippen MR) is 108 cm³/mol. The molecule has 6 nitrogen and oxygen atoms in total. The third-order valence-corrected chi connectivity index (χ3v) is 6.99. The second-order valence-corrected chi connectivity index (χ2v) is 9.29. The molecule has 0 radical (unpaired) electrons. The number of carbonyl (C=O) groups excluding carboxylic acids is 1. The number of hydrogen-bond donors (Lipinski definition) is 0. The number of benzene rings is 2. The van der Waals surface area contributed by atoms with Crippen molar-refractivity contribution >= 4 is 33.3 Å². The SMILES string of the molecule is CN(c1ccc(OC(=O)C2CCOCC2)cc1)S(=O)(=O)c1ccc(Cl)c(C(F)(F)F)c1. The van der Waals surface area contributed by atoms with E-state index in [0.29, 0.717) is 32.1 Å². The summed E-state index contributed by atoms with van der Waals surface area (Å²) in [7, 11) is -3.08. The molecule has 1 aliphatic rings. The first kappa shape index (κ1) is 23.4. The van der Waals surface area contributed by atoms with Crippen LogP contribution in [0.3, 0.4) is 0 Å². The molecule has 0 N–H and O–H groups in total. The van der Waals surface area contributed by atoms with Gasteiger partial charge in [-0.3, -0.25) is 9.10 Å². The van der Waals surface area contributed by atoms with Crippen LogP contribution in [0.25, 0.3) is 0 Å². The van der Waals surface area contributed by atoms with Crippen LogP contribution in [0.15, 0.2) is 47.4 Å². The first-order valence-corrected chi connectivity index (χ1v) is 11.1. The molecule has 0 spiro atoms. The number of alkyl halides is 3. The maximum Gasteiger partial charge on any atom is 0.417 e. The maximum atomic E-state index is 13.1. The third kappa shape index (κ3) is 5.31. The summed E-state index contributed by atoms with van der Waals surface area (Å²) >= 11 is 5.57. The van der Waals surface area contributed by atoms with Gasteiger partial charge in [-0.2, -0.15) is 13.2 Å². The quantitative estimate of drug-likeness (QED) is 0.468. The lowest BCUT2D eigenvalue weighted by Gasteiger charge is -2.22. The van der Waals surface area contributed by atoms with E-state index >= 15 is 0 Å². The number of hydrogen-bond acceptors (Lipinski definition) is 5. The fraction of sp³-hybridized carbons (Fsp3) is 0.350. The van der Waals surface area contributed by atoms with Crippen molar-refractivity contribution in [2.45, 2.75) is 23.9 Å². The predicted octanol–water partition coefficient (Wildman–Crippen LogP) is 4.52. The van der Waals surface area contributed by atoms with E-state index in [1.807, 2.05) is 0 Å². The molecular weight excluding hydrogens is 459 g/mol. The van der Waals surface area contributed by atoms with Gasteiger partial charge in [0.25, 0.3) is 10.0 Å². The Balaban J connectivity index is 1.77. The Hall–Kier alpha value is -2.30. The lowest BCUT2D eigenvalue weighted by Crippen LogP contribution is -2.27. The molecule has 1 heterocycles. The monoisotopic (exact) mass is 477 g/mol. The molecule has 0 atom stereocenters. The molecule has 0 aromatic heterocycles. The Morgan fingerprint density at radius 3 is 2.32 bits per heavy atom. The number of carbonyl (C=O) groups is 1. The number of esters is 1. The summed E-state index contributed by atoms with van der Waals surface area (Å²) in [5.41, 5.74) is -1.06. The van der Waals surface area contributed by atoms with Gasteiger partial charge < -0.3 is 9.47 Å². The van der Waals surface area contributed by atoms with Crippen LogP contribution in [-0.4, -0.2) is 34.6 Å². The van der Waals surface area contributed by atoms with E-state index in [2.05, 4.69) is 0 Å². The van der Waals surface area contributed by atoms with Crippen LogP contribution in [0, 0.1) is 5.92 Å². The Morgan fingerprint density at radius 2 is 1.74 bits per heavy atom. The van der Waals surface area contributed by atoms with E-state index in [0.717, 1.165) is 16.4 Å². The van der Waals surface area contributed by atoms with E-state index in [-0.39, 0.29) is 17.4 Å². The molecule has 0 bridgehead atoms. The lowest BCUT2D eigenvalue weighted by molar-refractivity contribution is -0.142. The fourth-order valence-corrected chi connectivity index (χ4v) is 4.48. The average molecular weight is 478 g/mol. The molecule has 2 aromatic rings. The topological polar surface area (TPSA) is 72.9 Å². The zero-order valence-electron chi connectivity index (χ0n) is 16.4. The highest BCUT2D eigenvalue weighted by molar-refractivity contribution is 7.92. The molecular formula is C20H19ClF3NO5S. The number of anilines is 1. The Bertz CT molecular complexity index is 1050. The first-order valence-electron chi connectivity index (χ1n) is 9.25. The van der Waals surface area contributed by atoms with Crippen LogP contribution >= 0.6 is 11.6 Å². The van der Waals surface area contributed by atoms with Crippen molar-refractivity contribution in [3.8, 4) is 5.75 Å². The number of rotatable bonds is 5. The van der Waals surface area contributed by atoms with E-state index in [4.69, 9.17) is 21.1 Å². The lowest BCUT2D eigenvalue weighted by atomic mass is 10.0. The van der Waals surface area contributed by atoms with Crippen molar-refractivity contribution in [2.24, 2.45) is 5.92 Å².